The maximum atomic E-state index is 13.1. The van der Waals surface area contributed by atoms with Crippen molar-refractivity contribution >= 4 is 40.6 Å². The molecule has 3 rings (SSSR count). The van der Waals surface area contributed by atoms with Crippen LogP contribution in [0.5, 0.6) is 0 Å². The van der Waals surface area contributed by atoms with E-state index in [9.17, 15) is 14.9 Å². The van der Waals surface area contributed by atoms with Gasteiger partial charge in [0.15, 0.2) is 0 Å². The van der Waals surface area contributed by atoms with E-state index in [1.165, 1.54) is 17.8 Å². The van der Waals surface area contributed by atoms with Crippen LogP contribution in [0.25, 0.3) is 0 Å². The predicted octanol–water partition coefficient (Wildman–Crippen LogP) is 6.03. The minimum Gasteiger partial charge on any atom is -0.319 e. The molecule has 0 bridgehead atoms. The van der Waals surface area contributed by atoms with Crippen LogP contribution in [0.3, 0.4) is 0 Å². The van der Waals surface area contributed by atoms with Crippen LogP contribution in [0, 0.1) is 17.0 Å². The van der Waals surface area contributed by atoms with Gasteiger partial charge in [-0.2, -0.15) is 0 Å². The molecule has 1 amide bonds. The van der Waals surface area contributed by atoms with Crippen molar-refractivity contribution in [1.29, 1.82) is 0 Å². The van der Waals surface area contributed by atoms with E-state index >= 15 is 0 Å². The largest absolute Gasteiger partial charge is 0.319 e. The number of halogens is 1. The Morgan fingerprint density at radius 2 is 1.75 bits per heavy atom. The van der Waals surface area contributed by atoms with Crippen molar-refractivity contribution in [1.82, 2.24) is 0 Å². The standard InChI is InChI=1S/C21H17ClN2O3S/c1-14-7-12-18(19(13-14)24(26)27)23-21(25)20(15-5-3-2-4-6-15)28-17-10-8-16(22)9-11-17/h2-13,20H,1H3,(H,23,25)/t20-/m1/s1. The first-order valence-electron chi connectivity index (χ1n) is 8.47. The van der Waals surface area contributed by atoms with E-state index in [0.717, 1.165) is 16.0 Å². The van der Waals surface area contributed by atoms with Gasteiger partial charge >= 0.3 is 0 Å². The molecular weight excluding hydrogens is 396 g/mol. The van der Waals surface area contributed by atoms with E-state index in [-0.39, 0.29) is 17.3 Å². The summed E-state index contributed by atoms with van der Waals surface area (Å²) in [6.07, 6.45) is 0. The summed E-state index contributed by atoms with van der Waals surface area (Å²) in [6.45, 7) is 1.77. The fourth-order valence-corrected chi connectivity index (χ4v) is 3.80. The van der Waals surface area contributed by atoms with Crippen molar-refractivity contribution in [2.45, 2.75) is 17.1 Å². The minimum atomic E-state index is -0.580. The number of hydrogen-bond acceptors (Lipinski definition) is 4. The van der Waals surface area contributed by atoms with Crippen LogP contribution >= 0.6 is 23.4 Å². The van der Waals surface area contributed by atoms with E-state index in [1.54, 1.807) is 31.2 Å². The number of aryl methyl sites for hydroxylation is 1. The number of hydrogen-bond donors (Lipinski definition) is 1. The number of carbonyl (C=O) groups is 1. The molecule has 0 unspecified atom stereocenters. The topological polar surface area (TPSA) is 72.2 Å². The summed E-state index contributed by atoms with van der Waals surface area (Å²) in [5.41, 5.74) is 1.60. The number of nitrogens with zero attached hydrogens (tertiary/aromatic N) is 1. The summed E-state index contributed by atoms with van der Waals surface area (Å²) in [7, 11) is 0. The van der Waals surface area contributed by atoms with Crippen molar-refractivity contribution in [3.8, 4) is 0 Å². The Labute approximate surface area is 171 Å². The number of anilines is 1. The molecule has 0 fully saturated rings. The zero-order chi connectivity index (χ0) is 20.1. The highest BCUT2D eigenvalue weighted by atomic mass is 35.5. The molecule has 28 heavy (non-hydrogen) atoms. The Balaban J connectivity index is 1.91. The summed E-state index contributed by atoms with van der Waals surface area (Å²) >= 11 is 7.30. The summed E-state index contributed by atoms with van der Waals surface area (Å²) in [6, 6.07) is 21.2. The predicted molar refractivity (Wildman–Crippen MR) is 113 cm³/mol. The number of thioether (sulfide) groups is 1. The van der Waals surface area contributed by atoms with Gasteiger partial charge in [-0.05, 0) is 48.4 Å². The lowest BCUT2D eigenvalue weighted by atomic mass is 10.1. The highest BCUT2D eigenvalue weighted by Crippen LogP contribution is 2.37. The van der Waals surface area contributed by atoms with Gasteiger partial charge in [0.25, 0.3) is 5.69 Å². The minimum absolute atomic E-state index is 0.128. The van der Waals surface area contributed by atoms with Gasteiger partial charge in [0.2, 0.25) is 5.91 Å². The van der Waals surface area contributed by atoms with Gasteiger partial charge in [-0.3, -0.25) is 14.9 Å². The number of rotatable bonds is 6. The molecule has 0 aliphatic rings. The molecule has 0 saturated carbocycles. The molecule has 3 aromatic rings. The Kier molecular flexibility index (Phi) is 6.34. The van der Waals surface area contributed by atoms with Crippen LogP contribution < -0.4 is 5.32 Å². The number of nitro benzene ring substituents is 1. The third-order valence-electron chi connectivity index (χ3n) is 4.02. The smallest absolute Gasteiger partial charge is 0.293 e. The van der Waals surface area contributed by atoms with Crippen LogP contribution in [0.2, 0.25) is 5.02 Å². The normalized spacial score (nSPS) is 11.6. The van der Waals surface area contributed by atoms with E-state index in [4.69, 9.17) is 11.6 Å². The number of nitro groups is 1. The van der Waals surface area contributed by atoms with E-state index in [2.05, 4.69) is 5.32 Å². The van der Waals surface area contributed by atoms with Crippen LogP contribution in [0.1, 0.15) is 16.4 Å². The zero-order valence-corrected chi connectivity index (χ0v) is 16.5. The van der Waals surface area contributed by atoms with E-state index in [1.807, 2.05) is 42.5 Å². The molecule has 5 nitrogen and oxygen atoms in total. The third-order valence-corrected chi connectivity index (χ3v) is 5.53. The lowest BCUT2D eigenvalue weighted by Crippen LogP contribution is -2.19. The Morgan fingerprint density at radius 3 is 2.39 bits per heavy atom. The molecule has 0 aromatic heterocycles. The Hall–Kier alpha value is -2.83. The van der Waals surface area contributed by atoms with E-state index < -0.39 is 10.2 Å². The molecule has 1 N–H and O–H groups in total. The van der Waals surface area contributed by atoms with Gasteiger partial charge in [0.05, 0.1) is 4.92 Å². The fourth-order valence-electron chi connectivity index (χ4n) is 2.65. The van der Waals surface area contributed by atoms with Crippen molar-refractivity contribution < 1.29 is 9.72 Å². The third kappa shape index (κ3) is 4.91. The summed E-state index contributed by atoms with van der Waals surface area (Å²) in [4.78, 5) is 24.8. The van der Waals surface area contributed by atoms with E-state index in [0.29, 0.717) is 5.02 Å². The molecule has 142 valence electrons. The maximum Gasteiger partial charge on any atom is 0.293 e. The van der Waals surface area contributed by atoms with Crippen molar-refractivity contribution in [3.05, 3.63) is 99.1 Å². The number of benzene rings is 3. The monoisotopic (exact) mass is 412 g/mol. The zero-order valence-electron chi connectivity index (χ0n) is 15.0. The lowest BCUT2D eigenvalue weighted by Gasteiger charge is -2.17. The van der Waals surface area contributed by atoms with Crippen LogP contribution in [0.15, 0.2) is 77.7 Å². The number of nitrogens with one attached hydrogen (secondary N) is 1. The van der Waals surface area contributed by atoms with Gasteiger partial charge in [-0.25, -0.2) is 0 Å². The van der Waals surface area contributed by atoms with Gasteiger partial charge in [-0.1, -0.05) is 48.0 Å². The maximum absolute atomic E-state index is 13.1. The molecule has 0 saturated heterocycles. The quantitative estimate of drug-likeness (QED) is 0.305. The second-order valence-corrected chi connectivity index (χ2v) is 7.74. The fraction of sp³-hybridized carbons (Fsp3) is 0.0952. The first kappa shape index (κ1) is 19.9. The van der Waals surface area contributed by atoms with Gasteiger partial charge < -0.3 is 5.32 Å². The second kappa shape index (κ2) is 8.91. The highest BCUT2D eigenvalue weighted by molar-refractivity contribution is 8.00. The van der Waals surface area contributed by atoms with Gasteiger partial charge in [0.1, 0.15) is 10.9 Å². The average molecular weight is 413 g/mol. The first-order valence-corrected chi connectivity index (χ1v) is 9.73. The van der Waals surface area contributed by atoms with Crippen molar-refractivity contribution in [3.63, 3.8) is 0 Å². The van der Waals surface area contributed by atoms with Crippen molar-refractivity contribution in [2.75, 3.05) is 5.32 Å². The van der Waals surface area contributed by atoms with Crippen LogP contribution in [-0.2, 0) is 4.79 Å². The van der Waals surface area contributed by atoms with Gasteiger partial charge in [-0.15, -0.1) is 11.8 Å². The van der Waals surface area contributed by atoms with Crippen LogP contribution in [0.4, 0.5) is 11.4 Å². The molecule has 0 spiro atoms. The molecule has 0 aliphatic carbocycles. The second-order valence-electron chi connectivity index (χ2n) is 6.13. The molecule has 7 heteroatoms. The lowest BCUT2D eigenvalue weighted by molar-refractivity contribution is -0.384. The Bertz CT molecular complexity index is 994. The van der Waals surface area contributed by atoms with Crippen molar-refractivity contribution in [2.24, 2.45) is 0 Å². The Morgan fingerprint density at radius 1 is 1.07 bits per heavy atom. The highest BCUT2D eigenvalue weighted by Gasteiger charge is 2.25. The number of carbonyl (C=O) groups excluding carboxylic acids is 1. The summed E-state index contributed by atoms with van der Waals surface area (Å²) < 4.78 is 0. The van der Waals surface area contributed by atoms with Gasteiger partial charge in [0, 0.05) is 16.0 Å². The molecular formula is C21H17ClN2O3S. The number of amides is 1. The summed E-state index contributed by atoms with van der Waals surface area (Å²) in [5.74, 6) is -0.335. The first-order chi connectivity index (χ1) is 13.4. The molecule has 1 atom stereocenters. The molecule has 0 heterocycles. The SMILES string of the molecule is Cc1ccc(NC(=O)[C@H](Sc2ccc(Cl)cc2)c2ccccc2)c([N+](=O)[O-])c1. The van der Waals surface area contributed by atoms with Crippen LogP contribution in [-0.4, -0.2) is 10.8 Å². The molecule has 0 aliphatic heterocycles. The average Bonchev–Trinajstić information content (AvgIpc) is 2.69. The molecule has 3 aromatic carbocycles. The summed E-state index contributed by atoms with van der Waals surface area (Å²) in [5, 5.41) is 14.1. The molecule has 0 radical (unpaired) electrons.